The lowest BCUT2D eigenvalue weighted by Gasteiger charge is -2.37. The number of likely N-dealkylation sites (N-methyl/N-ethyl adjacent to an activating group) is 1. The summed E-state index contributed by atoms with van der Waals surface area (Å²) < 4.78 is 5.29. The number of hydrogen-bond donors (Lipinski definition) is 0. The first-order valence-corrected chi connectivity index (χ1v) is 3.28. The van der Waals surface area contributed by atoms with Gasteiger partial charge in [0.1, 0.15) is 7.85 Å². The SMILES string of the molecule is [B]C(C)OC1CN(C)C1. The van der Waals surface area contributed by atoms with Crippen molar-refractivity contribution in [2.45, 2.75) is 19.0 Å². The molecule has 3 heteroatoms. The van der Waals surface area contributed by atoms with Crippen LogP contribution in [0.25, 0.3) is 0 Å². The molecule has 1 rings (SSSR count). The molecule has 1 aliphatic rings. The zero-order valence-electron chi connectivity index (χ0n) is 6.00. The van der Waals surface area contributed by atoms with Crippen LogP contribution < -0.4 is 0 Å². The highest BCUT2D eigenvalue weighted by molar-refractivity contribution is 6.10. The maximum atomic E-state index is 5.41. The molecule has 1 heterocycles. The van der Waals surface area contributed by atoms with Gasteiger partial charge in [-0.05, 0) is 14.0 Å². The Morgan fingerprint density at radius 3 is 2.56 bits per heavy atom. The van der Waals surface area contributed by atoms with Gasteiger partial charge in [-0.15, -0.1) is 0 Å². The van der Waals surface area contributed by atoms with Crippen LogP contribution in [0.3, 0.4) is 0 Å². The van der Waals surface area contributed by atoms with Gasteiger partial charge in [0.15, 0.2) is 0 Å². The van der Waals surface area contributed by atoms with Gasteiger partial charge in [-0.1, -0.05) is 0 Å². The molecule has 0 aromatic carbocycles. The summed E-state index contributed by atoms with van der Waals surface area (Å²) in [5.41, 5.74) is 0. The second-order valence-electron chi connectivity index (χ2n) is 2.68. The summed E-state index contributed by atoms with van der Waals surface area (Å²) in [5.74, 6) is 0. The Bertz CT molecular complexity index is 91.1. The van der Waals surface area contributed by atoms with Gasteiger partial charge < -0.3 is 9.64 Å². The molecular formula is C6H12BNO. The second-order valence-corrected chi connectivity index (χ2v) is 2.68. The van der Waals surface area contributed by atoms with Crippen LogP contribution in [0.5, 0.6) is 0 Å². The number of nitrogens with zero attached hydrogens (tertiary/aromatic N) is 1. The highest BCUT2D eigenvalue weighted by atomic mass is 16.5. The topological polar surface area (TPSA) is 12.5 Å². The Balaban J connectivity index is 2.04. The molecule has 2 nitrogen and oxygen atoms in total. The van der Waals surface area contributed by atoms with E-state index in [0.29, 0.717) is 6.10 Å². The van der Waals surface area contributed by atoms with Crippen LogP contribution in [0.2, 0.25) is 0 Å². The molecule has 1 unspecified atom stereocenters. The molecule has 50 valence electrons. The Kier molecular flexibility index (Phi) is 2.14. The smallest absolute Gasteiger partial charge is 0.108 e. The van der Waals surface area contributed by atoms with E-state index in [2.05, 4.69) is 11.9 Å². The van der Waals surface area contributed by atoms with Gasteiger partial charge in [-0.25, -0.2) is 0 Å². The number of likely N-dealkylation sites (tertiary alicyclic amines) is 1. The van der Waals surface area contributed by atoms with Crippen molar-refractivity contribution < 1.29 is 4.74 Å². The lowest BCUT2D eigenvalue weighted by atomic mass is 10.0. The van der Waals surface area contributed by atoms with Crippen molar-refractivity contribution in [2.24, 2.45) is 0 Å². The Labute approximate surface area is 57.6 Å². The fraction of sp³-hybridized carbons (Fsp3) is 1.00. The predicted octanol–water partition coefficient (Wildman–Crippen LogP) is -0.169. The summed E-state index contributed by atoms with van der Waals surface area (Å²) in [5, 5.41) is 0. The van der Waals surface area contributed by atoms with Gasteiger partial charge in [0.2, 0.25) is 0 Å². The highest BCUT2D eigenvalue weighted by Crippen LogP contribution is 2.09. The number of ether oxygens (including phenoxy) is 1. The lowest BCUT2D eigenvalue weighted by molar-refractivity contribution is -0.0519. The van der Waals surface area contributed by atoms with E-state index >= 15 is 0 Å². The minimum absolute atomic E-state index is 0.108. The van der Waals surface area contributed by atoms with Crippen molar-refractivity contribution in [3.05, 3.63) is 0 Å². The molecule has 1 saturated heterocycles. The van der Waals surface area contributed by atoms with Gasteiger partial charge in [0.05, 0.1) is 6.10 Å². The third-order valence-electron chi connectivity index (χ3n) is 1.44. The minimum Gasteiger partial charge on any atom is -0.382 e. The summed E-state index contributed by atoms with van der Waals surface area (Å²) >= 11 is 0. The van der Waals surface area contributed by atoms with Crippen LogP contribution in [0.1, 0.15) is 6.92 Å². The zero-order valence-corrected chi connectivity index (χ0v) is 6.00. The number of rotatable bonds is 2. The van der Waals surface area contributed by atoms with Crippen molar-refractivity contribution in [1.29, 1.82) is 0 Å². The molecule has 1 atom stereocenters. The maximum Gasteiger partial charge on any atom is 0.108 e. The third kappa shape index (κ3) is 1.99. The van der Waals surface area contributed by atoms with E-state index in [1.54, 1.807) is 0 Å². The summed E-state index contributed by atoms with van der Waals surface area (Å²) in [6, 6.07) is -0.108. The number of hydrogen-bond acceptors (Lipinski definition) is 2. The van der Waals surface area contributed by atoms with E-state index in [1.807, 2.05) is 6.92 Å². The molecule has 1 aliphatic heterocycles. The molecule has 9 heavy (non-hydrogen) atoms. The highest BCUT2D eigenvalue weighted by Gasteiger charge is 2.23. The van der Waals surface area contributed by atoms with E-state index < -0.39 is 0 Å². The normalized spacial score (nSPS) is 25.6. The summed E-state index contributed by atoms with van der Waals surface area (Å²) in [6.07, 6.45) is 0.384. The molecular weight excluding hydrogens is 113 g/mol. The van der Waals surface area contributed by atoms with Crippen LogP contribution in [0.4, 0.5) is 0 Å². The average Bonchev–Trinajstić information content (AvgIpc) is 1.60. The molecule has 0 amide bonds. The Hall–Kier alpha value is -0.0151. The molecule has 0 bridgehead atoms. The van der Waals surface area contributed by atoms with E-state index in [9.17, 15) is 0 Å². The van der Waals surface area contributed by atoms with Gasteiger partial charge in [0.25, 0.3) is 0 Å². The van der Waals surface area contributed by atoms with Crippen molar-refractivity contribution in [1.82, 2.24) is 4.90 Å². The van der Waals surface area contributed by atoms with E-state index in [1.165, 1.54) is 0 Å². The van der Waals surface area contributed by atoms with Crippen LogP contribution >= 0.6 is 0 Å². The second kappa shape index (κ2) is 2.71. The molecule has 1 fully saturated rings. The first kappa shape index (κ1) is 7.10. The van der Waals surface area contributed by atoms with Crippen molar-refractivity contribution >= 4 is 7.85 Å². The molecule has 0 aliphatic carbocycles. The quantitative estimate of drug-likeness (QED) is 0.475. The minimum atomic E-state index is -0.108. The van der Waals surface area contributed by atoms with Crippen molar-refractivity contribution in [3.63, 3.8) is 0 Å². The lowest BCUT2D eigenvalue weighted by Crippen LogP contribution is -2.50. The molecule has 0 N–H and O–H groups in total. The van der Waals surface area contributed by atoms with Crippen LogP contribution in [-0.2, 0) is 4.74 Å². The zero-order chi connectivity index (χ0) is 6.85. The first-order valence-electron chi connectivity index (χ1n) is 3.28. The standard InChI is InChI=1S/C6H12BNO/c1-5(7)9-6-3-8(2)4-6/h5-6H,3-4H2,1-2H3. The fourth-order valence-corrected chi connectivity index (χ4v) is 1.03. The van der Waals surface area contributed by atoms with Crippen LogP contribution in [-0.4, -0.2) is 45.0 Å². The van der Waals surface area contributed by atoms with Gasteiger partial charge in [-0.2, -0.15) is 0 Å². The molecule has 0 aromatic heterocycles. The summed E-state index contributed by atoms with van der Waals surface area (Å²) in [7, 11) is 7.48. The van der Waals surface area contributed by atoms with Gasteiger partial charge >= 0.3 is 0 Å². The molecule has 0 saturated carbocycles. The average molecular weight is 125 g/mol. The van der Waals surface area contributed by atoms with Gasteiger partial charge in [-0.3, -0.25) is 0 Å². The third-order valence-corrected chi connectivity index (χ3v) is 1.44. The molecule has 2 radical (unpaired) electrons. The maximum absolute atomic E-state index is 5.41. The first-order chi connectivity index (χ1) is 4.18. The monoisotopic (exact) mass is 125 g/mol. The van der Waals surface area contributed by atoms with Crippen LogP contribution in [0.15, 0.2) is 0 Å². The van der Waals surface area contributed by atoms with E-state index in [0.717, 1.165) is 13.1 Å². The molecule has 0 aromatic rings. The molecule has 0 spiro atoms. The fourth-order valence-electron chi connectivity index (χ4n) is 1.03. The van der Waals surface area contributed by atoms with Crippen molar-refractivity contribution in [2.75, 3.05) is 20.1 Å². The largest absolute Gasteiger partial charge is 0.382 e. The Morgan fingerprint density at radius 2 is 2.22 bits per heavy atom. The summed E-state index contributed by atoms with van der Waals surface area (Å²) in [6.45, 7) is 3.92. The van der Waals surface area contributed by atoms with Gasteiger partial charge in [0, 0.05) is 19.1 Å². The van der Waals surface area contributed by atoms with Crippen molar-refractivity contribution in [3.8, 4) is 0 Å². The van der Waals surface area contributed by atoms with Crippen LogP contribution in [0, 0.1) is 0 Å². The van der Waals surface area contributed by atoms with E-state index in [-0.39, 0.29) is 6.00 Å². The predicted molar refractivity (Wildman–Crippen MR) is 37.6 cm³/mol. The Morgan fingerprint density at radius 1 is 1.67 bits per heavy atom. The van der Waals surface area contributed by atoms with E-state index in [4.69, 9.17) is 12.6 Å². The summed E-state index contributed by atoms with van der Waals surface area (Å²) in [4.78, 5) is 2.20.